The molecule has 0 aliphatic heterocycles. The fourth-order valence-corrected chi connectivity index (χ4v) is 1.18. The van der Waals surface area contributed by atoms with Crippen LogP contribution >= 0.6 is 0 Å². The summed E-state index contributed by atoms with van der Waals surface area (Å²) in [5, 5.41) is 0. The Hall–Kier alpha value is -1.56. The van der Waals surface area contributed by atoms with Gasteiger partial charge in [-0.2, -0.15) is 0 Å². The van der Waals surface area contributed by atoms with E-state index < -0.39 is 0 Å². The van der Waals surface area contributed by atoms with Crippen LogP contribution in [-0.2, 0) is 6.42 Å². The summed E-state index contributed by atoms with van der Waals surface area (Å²) in [6.07, 6.45) is 4.92. The number of benzene rings is 1. The summed E-state index contributed by atoms with van der Waals surface area (Å²) in [6, 6.07) is 10.3. The normalized spacial score (nSPS) is 8.72. The average Bonchev–Trinajstić information content (AvgIpc) is 2.42. The van der Waals surface area contributed by atoms with Crippen molar-refractivity contribution in [3.8, 4) is 0 Å². The third kappa shape index (κ3) is 10.9. The molecule has 0 aliphatic rings. The Kier molecular flexibility index (Phi) is 14.1. The number of rotatable bonds is 4. The Morgan fingerprint density at radius 1 is 0.944 bits per heavy atom. The summed E-state index contributed by atoms with van der Waals surface area (Å²) in [6.45, 7) is 17.8. The first-order valence-electron chi connectivity index (χ1n) is 6.74. The van der Waals surface area contributed by atoms with Gasteiger partial charge in [-0.15, -0.1) is 0 Å². The van der Waals surface area contributed by atoms with Crippen LogP contribution < -0.4 is 0 Å². The summed E-state index contributed by atoms with van der Waals surface area (Å²) >= 11 is 0. The Labute approximate surface area is 114 Å². The van der Waals surface area contributed by atoms with E-state index in [9.17, 15) is 0 Å². The highest BCUT2D eigenvalue weighted by Gasteiger charge is 1.92. The van der Waals surface area contributed by atoms with Crippen LogP contribution in [0.3, 0.4) is 0 Å². The molecule has 1 aromatic carbocycles. The molecule has 0 fully saturated rings. The van der Waals surface area contributed by atoms with Crippen LogP contribution in [0.25, 0.3) is 0 Å². The van der Waals surface area contributed by atoms with Gasteiger partial charge in [0, 0.05) is 0 Å². The third-order valence-corrected chi connectivity index (χ3v) is 1.88. The molecule has 0 bridgehead atoms. The lowest BCUT2D eigenvalue weighted by molar-refractivity contribution is 1.20. The lowest BCUT2D eigenvalue weighted by Gasteiger charge is -2.00. The molecule has 1 rings (SSSR count). The van der Waals surface area contributed by atoms with E-state index in [-0.39, 0.29) is 0 Å². The Morgan fingerprint density at radius 3 is 1.89 bits per heavy atom. The van der Waals surface area contributed by atoms with Crippen molar-refractivity contribution in [2.45, 2.75) is 41.0 Å². The molecule has 0 saturated heterocycles. The lowest BCUT2D eigenvalue weighted by atomic mass is 10.1. The Morgan fingerprint density at radius 2 is 1.44 bits per heavy atom. The van der Waals surface area contributed by atoms with Gasteiger partial charge in [-0.25, -0.2) is 0 Å². The first kappa shape index (κ1) is 18.8. The molecule has 18 heavy (non-hydrogen) atoms. The van der Waals surface area contributed by atoms with E-state index in [0.29, 0.717) is 0 Å². The zero-order valence-electron chi connectivity index (χ0n) is 12.7. The molecule has 0 spiro atoms. The summed E-state index contributed by atoms with van der Waals surface area (Å²) < 4.78 is 0. The average molecular weight is 244 g/mol. The summed E-state index contributed by atoms with van der Waals surface area (Å²) in [4.78, 5) is 0. The van der Waals surface area contributed by atoms with E-state index in [4.69, 9.17) is 0 Å². The molecule has 0 amide bonds. The zero-order chi connectivity index (χ0) is 14.4. The van der Waals surface area contributed by atoms with Crippen LogP contribution in [-0.4, -0.2) is 0 Å². The maximum absolute atomic E-state index is 3.99. The van der Waals surface area contributed by atoms with E-state index in [1.54, 1.807) is 0 Å². The molecule has 0 heterocycles. The Balaban J connectivity index is 0. The van der Waals surface area contributed by atoms with Gasteiger partial charge in [0.05, 0.1) is 0 Å². The van der Waals surface area contributed by atoms with Crippen LogP contribution in [0.15, 0.2) is 66.8 Å². The maximum Gasteiger partial charge on any atom is -0.00316 e. The fraction of sp³-hybridized carbons (Fsp3) is 0.333. The van der Waals surface area contributed by atoms with Gasteiger partial charge in [-0.05, 0) is 18.9 Å². The van der Waals surface area contributed by atoms with Crippen molar-refractivity contribution >= 4 is 0 Å². The zero-order valence-corrected chi connectivity index (χ0v) is 12.7. The van der Waals surface area contributed by atoms with Crippen molar-refractivity contribution in [3.05, 3.63) is 72.4 Å². The quantitative estimate of drug-likeness (QED) is 0.572. The largest absolute Gasteiger partial charge is 0.0961 e. The molecule has 0 nitrogen and oxygen atoms in total. The second-order valence-electron chi connectivity index (χ2n) is 3.50. The van der Waals surface area contributed by atoms with Gasteiger partial charge in [0.15, 0.2) is 0 Å². The molecular formula is C18H28. The molecule has 0 aromatic heterocycles. The van der Waals surface area contributed by atoms with Gasteiger partial charge >= 0.3 is 0 Å². The number of hydrogen-bond acceptors (Lipinski definition) is 0. The second kappa shape index (κ2) is 13.5. The minimum absolute atomic E-state index is 0.907. The number of hydrogen-bond donors (Lipinski definition) is 0. The fourth-order valence-electron chi connectivity index (χ4n) is 1.18. The van der Waals surface area contributed by atoms with Gasteiger partial charge in [0.2, 0.25) is 0 Å². The molecule has 0 radical (unpaired) electrons. The topological polar surface area (TPSA) is 0 Å². The van der Waals surface area contributed by atoms with Gasteiger partial charge < -0.3 is 0 Å². The molecule has 100 valence electrons. The molecular weight excluding hydrogens is 216 g/mol. The highest BCUT2D eigenvalue weighted by atomic mass is 14.0. The first-order chi connectivity index (χ1) is 8.68. The highest BCUT2D eigenvalue weighted by Crippen LogP contribution is 2.07. The molecule has 0 N–H and O–H groups in total. The molecule has 0 saturated carbocycles. The van der Waals surface area contributed by atoms with Crippen molar-refractivity contribution in [1.82, 2.24) is 0 Å². The standard InChI is InChI=1S/C14H16.2C2H6/c1-12(2)9-10-13(3)11-14-7-5-4-6-8-14;2*1-2/h4-10H,1,3,11H2,2H3;2*1-2H3/b10-9-;;. The van der Waals surface area contributed by atoms with Gasteiger partial charge in [-0.1, -0.05) is 94.5 Å². The Bertz CT molecular complexity index is 342. The van der Waals surface area contributed by atoms with Crippen molar-refractivity contribution in [1.29, 1.82) is 0 Å². The maximum atomic E-state index is 3.99. The van der Waals surface area contributed by atoms with E-state index in [1.165, 1.54) is 5.56 Å². The lowest BCUT2D eigenvalue weighted by Crippen LogP contribution is -1.85. The monoisotopic (exact) mass is 244 g/mol. The molecule has 0 heteroatoms. The van der Waals surface area contributed by atoms with Gasteiger partial charge in [-0.3, -0.25) is 0 Å². The van der Waals surface area contributed by atoms with Crippen molar-refractivity contribution < 1.29 is 0 Å². The van der Waals surface area contributed by atoms with Gasteiger partial charge in [0.25, 0.3) is 0 Å². The van der Waals surface area contributed by atoms with Crippen LogP contribution in [0.4, 0.5) is 0 Å². The third-order valence-electron chi connectivity index (χ3n) is 1.88. The molecule has 0 aliphatic carbocycles. The minimum atomic E-state index is 0.907. The second-order valence-corrected chi connectivity index (χ2v) is 3.50. The first-order valence-corrected chi connectivity index (χ1v) is 6.74. The summed E-state index contributed by atoms with van der Waals surface area (Å²) in [5.74, 6) is 0. The van der Waals surface area contributed by atoms with Gasteiger partial charge in [0.1, 0.15) is 0 Å². The predicted octanol–water partition coefficient (Wildman–Crippen LogP) is 5.97. The van der Waals surface area contributed by atoms with Crippen molar-refractivity contribution in [3.63, 3.8) is 0 Å². The summed E-state index contributed by atoms with van der Waals surface area (Å²) in [5.41, 5.74) is 3.46. The smallest absolute Gasteiger partial charge is 0.00316 e. The van der Waals surface area contributed by atoms with Crippen molar-refractivity contribution in [2.75, 3.05) is 0 Å². The number of allylic oxidation sites excluding steroid dienone is 4. The van der Waals surface area contributed by atoms with Crippen molar-refractivity contribution in [2.24, 2.45) is 0 Å². The van der Waals surface area contributed by atoms with E-state index in [0.717, 1.165) is 17.6 Å². The van der Waals surface area contributed by atoms with E-state index in [2.05, 4.69) is 25.3 Å². The van der Waals surface area contributed by atoms with Crippen LogP contribution in [0.1, 0.15) is 40.2 Å². The van der Waals surface area contributed by atoms with E-state index in [1.807, 2.05) is 65.0 Å². The van der Waals surface area contributed by atoms with Crippen LogP contribution in [0, 0.1) is 0 Å². The predicted molar refractivity (Wildman–Crippen MR) is 85.9 cm³/mol. The van der Waals surface area contributed by atoms with Crippen LogP contribution in [0.5, 0.6) is 0 Å². The van der Waals surface area contributed by atoms with E-state index >= 15 is 0 Å². The highest BCUT2D eigenvalue weighted by molar-refractivity contribution is 5.29. The molecule has 0 atom stereocenters. The summed E-state index contributed by atoms with van der Waals surface area (Å²) in [7, 11) is 0. The SMILES string of the molecule is C=C(C)/C=C\C(=C)Cc1ccccc1.CC.CC. The minimum Gasteiger partial charge on any atom is -0.0961 e. The van der Waals surface area contributed by atoms with Crippen LogP contribution in [0.2, 0.25) is 0 Å². The molecule has 1 aromatic rings. The molecule has 0 unspecified atom stereocenters.